The van der Waals surface area contributed by atoms with E-state index in [4.69, 9.17) is 4.52 Å². The van der Waals surface area contributed by atoms with E-state index in [1.807, 2.05) is 30.3 Å². The van der Waals surface area contributed by atoms with Crippen molar-refractivity contribution in [2.24, 2.45) is 0 Å². The molecule has 0 fully saturated rings. The largest absolute Gasteiger partial charge is 0.333 e. The van der Waals surface area contributed by atoms with E-state index in [0.717, 1.165) is 5.56 Å². The van der Waals surface area contributed by atoms with Gasteiger partial charge < -0.3 is 14.4 Å². The molecule has 7 nitrogen and oxygen atoms in total. The first kappa shape index (κ1) is 21.2. The van der Waals surface area contributed by atoms with Crippen LogP contribution in [0, 0.1) is 26.6 Å². The highest BCUT2D eigenvalue weighted by Gasteiger charge is 2.20. The van der Waals surface area contributed by atoms with Gasteiger partial charge in [-0.25, -0.2) is 4.39 Å². The number of anilines is 1. The number of hydrogen-bond donors (Lipinski definition) is 1. The molecule has 4 aromatic rings. The van der Waals surface area contributed by atoms with Gasteiger partial charge in [-0.2, -0.15) is 4.98 Å². The van der Waals surface area contributed by atoms with Crippen molar-refractivity contribution in [1.82, 2.24) is 14.7 Å². The lowest BCUT2D eigenvalue weighted by Gasteiger charge is -2.13. The van der Waals surface area contributed by atoms with Crippen molar-refractivity contribution >= 4 is 11.6 Å². The van der Waals surface area contributed by atoms with Crippen LogP contribution in [0.2, 0.25) is 0 Å². The maximum atomic E-state index is 13.8. The normalized spacial score (nSPS) is 10.9. The lowest BCUT2D eigenvalue weighted by atomic mass is 10.1. The van der Waals surface area contributed by atoms with Crippen LogP contribution in [0.25, 0.3) is 22.8 Å². The van der Waals surface area contributed by atoms with E-state index in [1.165, 1.54) is 10.6 Å². The standard InChI is InChI=1S/C24H21FN4O3/c1-14-9-10-18(12-19(14)25)26-20(30)13-29-16(3)11-15(2)21(24(29)31)23-27-22(28-32-23)17-7-5-4-6-8-17/h4-12H,13H2,1-3H3,(H,26,30). The molecule has 0 bridgehead atoms. The summed E-state index contributed by atoms with van der Waals surface area (Å²) < 4.78 is 20.5. The number of aryl methyl sites for hydroxylation is 3. The van der Waals surface area contributed by atoms with Gasteiger partial charge in [-0.05, 0) is 50.1 Å². The minimum Gasteiger partial charge on any atom is -0.333 e. The molecule has 1 amide bonds. The van der Waals surface area contributed by atoms with Gasteiger partial charge in [0.15, 0.2) is 0 Å². The summed E-state index contributed by atoms with van der Waals surface area (Å²) in [5.74, 6) is -0.421. The molecule has 162 valence electrons. The van der Waals surface area contributed by atoms with Crippen LogP contribution in [0.3, 0.4) is 0 Å². The molecule has 2 aromatic heterocycles. The molecule has 2 aromatic carbocycles. The molecule has 8 heteroatoms. The minimum absolute atomic E-state index is 0.0844. The summed E-state index contributed by atoms with van der Waals surface area (Å²) in [4.78, 5) is 30.2. The van der Waals surface area contributed by atoms with Crippen molar-refractivity contribution < 1.29 is 13.7 Å². The molecule has 0 aliphatic rings. The van der Waals surface area contributed by atoms with Gasteiger partial charge in [0.05, 0.1) is 0 Å². The Balaban J connectivity index is 1.64. The Morgan fingerprint density at radius 1 is 1.06 bits per heavy atom. The van der Waals surface area contributed by atoms with Crippen molar-refractivity contribution in [3.63, 3.8) is 0 Å². The first-order valence-electron chi connectivity index (χ1n) is 10.00. The van der Waals surface area contributed by atoms with E-state index >= 15 is 0 Å². The second-order valence-corrected chi connectivity index (χ2v) is 7.54. The van der Waals surface area contributed by atoms with Crippen LogP contribution >= 0.6 is 0 Å². The number of pyridine rings is 1. The van der Waals surface area contributed by atoms with Gasteiger partial charge in [0.1, 0.15) is 17.9 Å². The van der Waals surface area contributed by atoms with Crippen LogP contribution in [0.15, 0.2) is 63.9 Å². The van der Waals surface area contributed by atoms with Gasteiger partial charge in [-0.3, -0.25) is 9.59 Å². The van der Waals surface area contributed by atoms with E-state index < -0.39 is 17.3 Å². The summed E-state index contributed by atoms with van der Waals surface area (Å²) >= 11 is 0. The number of amides is 1. The SMILES string of the molecule is Cc1ccc(NC(=O)Cn2c(C)cc(C)c(-c3nc(-c4ccccc4)no3)c2=O)cc1F. The number of halogens is 1. The Hall–Kier alpha value is -4.07. The molecule has 0 unspecified atom stereocenters. The third-order valence-corrected chi connectivity index (χ3v) is 5.13. The van der Waals surface area contributed by atoms with Crippen molar-refractivity contribution in [1.29, 1.82) is 0 Å². The van der Waals surface area contributed by atoms with Crippen LogP contribution in [0.4, 0.5) is 10.1 Å². The zero-order valence-electron chi connectivity index (χ0n) is 17.8. The zero-order valence-corrected chi connectivity index (χ0v) is 17.8. The smallest absolute Gasteiger partial charge is 0.264 e. The van der Waals surface area contributed by atoms with E-state index in [-0.39, 0.29) is 18.0 Å². The number of benzene rings is 2. The van der Waals surface area contributed by atoms with E-state index in [0.29, 0.717) is 28.3 Å². The molecule has 4 rings (SSSR count). The summed E-state index contributed by atoms with van der Waals surface area (Å²) in [5.41, 5.74) is 2.64. The van der Waals surface area contributed by atoms with E-state index in [1.54, 1.807) is 39.0 Å². The fourth-order valence-corrected chi connectivity index (χ4v) is 3.43. The minimum atomic E-state index is -0.455. The summed E-state index contributed by atoms with van der Waals surface area (Å²) in [7, 11) is 0. The number of rotatable bonds is 5. The Bertz CT molecular complexity index is 1360. The predicted molar refractivity (Wildman–Crippen MR) is 119 cm³/mol. The molecule has 0 aliphatic carbocycles. The third kappa shape index (κ3) is 4.20. The molecule has 0 atom stereocenters. The zero-order chi connectivity index (χ0) is 22.8. The summed E-state index contributed by atoms with van der Waals surface area (Å²) in [6, 6.07) is 15.5. The second kappa shape index (κ2) is 8.58. The van der Waals surface area contributed by atoms with Crippen molar-refractivity contribution in [2.45, 2.75) is 27.3 Å². The van der Waals surface area contributed by atoms with Crippen molar-refractivity contribution in [3.05, 3.63) is 87.6 Å². The van der Waals surface area contributed by atoms with Gasteiger partial charge in [-0.1, -0.05) is 41.6 Å². The van der Waals surface area contributed by atoms with Gasteiger partial charge in [-0.15, -0.1) is 0 Å². The molecule has 32 heavy (non-hydrogen) atoms. The molecular formula is C24H21FN4O3. The van der Waals surface area contributed by atoms with Crippen LogP contribution < -0.4 is 10.9 Å². The summed E-state index contributed by atoms with van der Waals surface area (Å²) in [6.45, 7) is 4.90. The summed E-state index contributed by atoms with van der Waals surface area (Å²) in [5, 5.41) is 6.60. The number of nitrogens with one attached hydrogen (secondary N) is 1. The molecule has 0 radical (unpaired) electrons. The quantitative estimate of drug-likeness (QED) is 0.509. The van der Waals surface area contributed by atoms with Crippen molar-refractivity contribution in [2.75, 3.05) is 5.32 Å². The van der Waals surface area contributed by atoms with Gasteiger partial charge in [0, 0.05) is 16.9 Å². The first-order valence-corrected chi connectivity index (χ1v) is 10.00. The average Bonchev–Trinajstić information content (AvgIpc) is 3.24. The fraction of sp³-hybridized carbons (Fsp3) is 0.167. The highest BCUT2D eigenvalue weighted by Crippen LogP contribution is 2.23. The Kier molecular flexibility index (Phi) is 5.68. The third-order valence-electron chi connectivity index (χ3n) is 5.13. The van der Waals surface area contributed by atoms with Crippen LogP contribution in [-0.2, 0) is 11.3 Å². The molecule has 0 saturated carbocycles. The van der Waals surface area contributed by atoms with Gasteiger partial charge in [0.2, 0.25) is 11.7 Å². The average molecular weight is 432 g/mol. The molecule has 2 heterocycles. The van der Waals surface area contributed by atoms with E-state index in [2.05, 4.69) is 15.5 Å². The predicted octanol–water partition coefficient (Wildman–Crippen LogP) is 4.27. The molecule has 0 saturated heterocycles. The number of aromatic nitrogens is 3. The maximum Gasteiger partial charge on any atom is 0.264 e. The van der Waals surface area contributed by atoms with Crippen LogP contribution in [-0.4, -0.2) is 20.6 Å². The maximum absolute atomic E-state index is 13.8. The van der Waals surface area contributed by atoms with Crippen LogP contribution in [0.1, 0.15) is 16.8 Å². The van der Waals surface area contributed by atoms with E-state index in [9.17, 15) is 14.0 Å². The highest BCUT2D eigenvalue weighted by atomic mass is 19.1. The number of nitrogens with zero attached hydrogens (tertiary/aromatic N) is 3. The van der Waals surface area contributed by atoms with Gasteiger partial charge in [0.25, 0.3) is 11.4 Å². The summed E-state index contributed by atoms with van der Waals surface area (Å²) in [6.07, 6.45) is 0. The topological polar surface area (TPSA) is 90.0 Å². The Morgan fingerprint density at radius 3 is 2.53 bits per heavy atom. The molecule has 1 N–H and O–H groups in total. The Labute approximate surface area is 183 Å². The number of carbonyl (C=O) groups excluding carboxylic acids is 1. The Morgan fingerprint density at radius 2 is 1.81 bits per heavy atom. The van der Waals surface area contributed by atoms with Gasteiger partial charge >= 0.3 is 0 Å². The molecule has 0 aliphatic heterocycles. The number of hydrogen-bond acceptors (Lipinski definition) is 5. The monoisotopic (exact) mass is 432 g/mol. The number of carbonyl (C=O) groups is 1. The second-order valence-electron chi connectivity index (χ2n) is 7.54. The molecule has 0 spiro atoms. The highest BCUT2D eigenvalue weighted by molar-refractivity contribution is 5.90. The first-order chi connectivity index (χ1) is 15.3. The van der Waals surface area contributed by atoms with Crippen molar-refractivity contribution in [3.8, 4) is 22.8 Å². The molecular weight excluding hydrogens is 411 g/mol. The lowest BCUT2D eigenvalue weighted by Crippen LogP contribution is -2.30. The van der Waals surface area contributed by atoms with Crippen LogP contribution in [0.5, 0.6) is 0 Å². The lowest BCUT2D eigenvalue weighted by molar-refractivity contribution is -0.116. The fourth-order valence-electron chi connectivity index (χ4n) is 3.43.